The Bertz CT molecular complexity index is 1730. The summed E-state index contributed by atoms with van der Waals surface area (Å²) in [5.74, 6) is 0. The molecule has 0 radical (unpaired) electrons. The summed E-state index contributed by atoms with van der Waals surface area (Å²) in [7, 11) is 0. The molecule has 0 spiro atoms. The van der Waals surface area contributed by atoms with Gasteiger partial charge in [0.1, 0.15) is 0 Å². The lowest BCUT2D eigenvalue weighted by molar-refractivity contribution is 0.667. The summed E-state index contributed by atoms with van der Waals surface area (Å²) in [6, 6.07) is 31.5. The SMILES string of the molecule is Cc1cccc(-n2c3c(c4ccc5c6ccccc6n(-c6cccc(C)c6)c5c42)CCCC3)c1. The molecule has 0 amide bonds. The molecular weight excluding hydrogens is 412 g/mol. The van der Waals surface area contributed by atoms with Crippen LogP contribution in [0, 0.1) is 13.8 Å². The normalized spacial score (nSPS) is 13.7. The van der Waals surface area contributed by atoms with E-state index >= 15 is 0 Å². The van der Waals surface area contributed by atoms with Crippen LogP contribution in [0.3, 0.4) is 0 Å². The van der Waals surface area contributed by atoms with Crippen molar-refractivity contribution in [3.8, 4) is 11.4 Å². The molecule has 2 heteroatoms. The smallest absolute Gasteiger partial charge is 0.0788 e. The van der Waals surface area contributed by atoms with Crippen molar-refractivity contribution in [1.82, 2.24) is 9.13 Å². The lowest BCUT2D eigenvalue weighted by atomic mass is 9.95. The number of rotatable bonds is 2. The molecule has 4 aromatic carbocycles. The summed E-state index contributed by atoms with van der Waals surface area (Å²) >= 11 is 0. The van der Waals surface area contributed by atoms with Crippen LogP contribution in [0.5, 0.6) is 0 Å². The molecule has 2 aromatic heterocycles. The molecule has 0 aliphatic heterocycles. The molecule has 0 unspecified atom stereocenters. The second-order valence-corrected chi connectivity index (χ2v) is 9.86. The van der Waals surface area contributed by atoms with Crippen molar-refractivity contribution >= 4 is 32.7 Å². The van der Waals surface area contributed by atoms with Gasteiger partial charge in [-0.1, -0.05) is 54.6 Å². The Morgan fingerprint density at radius 2 is 1.21 bits per heavy atom. The largest absolute Gasteiger partial charge is 0.311 e. The van der Waals surface area contributed by atoms with Crippen molar-refractivity contribution < 1.29 is 0 Å². The first-order valence-corrected chi connectivity index (χ1v) is 12.4. The minimum atomic E-state index is 1.14. The first-order valence-electron chi connectivity index (χ1n) is 12.4. The Balaban J connectivity index is 1.74. The van der Waals surface area contributed by atoms with Crippen LogP contribution >= 0.6 is 0 Å². The molecule has 0 fully saturated rings. The van der Waals surface area contributed by atoms with Gasteiger partial charge >= 0.3 is 0 Å². The van der Waals surface area contributed by atoms with E-state index in [4.69, 9.17) is 0 Å². The molecule has 166 valence electrons. The van der Waals surface area contributed by atoms with Crippen molar-refractivity contribution in [1.29, 1.82) is 0 Å². The third-order valence-electron chi connectivity index (χ3n) is 7.59. The zero-order valence-electron chi connectivity index (χ0n) is 19.8. The lowest BCUT2D eigenvalue weighted by Crippen LogP contribution is -2.07. The van der Waals surface area contributed by atoms with E-state index in [1.165, 1.54) is 80.2 Å². The minimum Gasteiger partial charge on any atom is -0.311 e. The maximum atomic E-state index is 2.59. The van der Waals surface area contributed by atoms with Crippen LogP contribution < -0.4 is 0 Å². The van der Waals surface area contributed by atoms with Gasteiger partial charge in [-0.15, -0.1) is 0 Å². The van der Waals surface area contributed by atoms with E-state index in [1.54, 1.807) is 5.56 Å². The summed E-state index contributed by atoms with van der Waals surface area (Å²) in [5.41, 5.74) is 12.1. The molecule has 2 nitrogen and oxygen atoms in total. The topological polar surface area (TPSA) is 9.86 Å². The maximum Gasteiger partial charge on any atom is 0.0788 e. The first kappa shape index (κ1) is 19.7. The highest BCUT2D eigenvalue weighted by atomic mass is 15.1. The standard InChI is InChI=1S/C32H28N2/c1-21-9-7-11-23(19-21)33-29-15-5-3-13-25(29)27-17-18-28-26-14-4-6-16-30(26)34(32(28)31(27)33)24-12-8-10-22(2)20-24/h3,5,7-13,15,17-20H,4,6,14,16H2,1-2H3. The first-order chi connectivity index (χ1) is 16.7. The van der Waals surface area contributed by atoms with Gasteiger partial charge in [-0.25, -0.2) is 0 Å². The average molecular weight is 441 g/mol. The highest BCUT2D eigenvalue weighted by molar-refractivity contribution is 6.19. The molecule has 1 aliphatic rings. The monoisotopic (exact) mass is 440 g/mol. The van der Waals surface area contributed by atoms with E-state index in [-0.39, 0.29) is 0 Å². The number of aryl methyl sites for hydroxylation is 3. The second-order valence-electron chi connectivity index (χ2n) is 9.86. The Morgan fingerprint density at radius 1 is 0.559 bits per heavy atom. The summed E-state index contributed by atoms with van der Waals surface area (Å²) in [5, 5.41) is 4.06. The second kappa shape index (κ2) is 7.36. The number of fused-ring (bicyclic) bond motifs is 7. The summed E-state index contributed by atoms with van der Waals surface area (Å²) in [6.07, 6.45) is 4.85. The molecule has 6 aromatic rings. The Labute approximate surface area is 200 Å². The van der Waals surface area contributed by atoms with Gasteiger partial charge < -0.3 is 9.13 Å². The van der Waals surface area contributed by atoms with Crippen LogP contribution in [0.25, 0.3) is 44.1 Å². The Morgan fingerprint density at radius 3 is 1.97 bits per heavy atom. The minimum absolute atomic E-state index is 1.14. The molecule has 7 rings (SSSR count). The fourth-order valence-corrected chi connectivity index (χ4v) is 6.16. The van der Waals surface area contributed by atoms with E-state index < -0.39 is 0 Å². The average Bonchev–Trinajstić information content (AvgIpc) is 3.37. The molecule has 0 bridgehead atoms. The Hall–Kier alpha value is -3.78. The summed E-state index contributed by atoms with van der Waals surface area (Å²) in [6.45, 7) is 4.38. The van der Waals surface area contributed by atoms with Gasteiger partial charge in [-0.2, -0.15) is 0 Å². The molecular formula is C32H28N2. The van der Waals surface area contributed by atoms with Gasteiger partial charge in [-0.3, -0.25) is 0 Å². The van der Waals surface area contributed by atoms with Crippen molar-refractivity contribution in [3.05, 3.63) is 107 Å². The lowest BCUT2D eigenvalue weighted by Gasteiger charge is -2.17. The van der Waals surface area contributed by atoms with Gasteiger partial charge in [0.25, 0.3) is 0 Å². The van der Waals surface area contributed by atoms with Crippen molar-refractivity contribution in [2.75, 3.05) is 0 Å². The summed E-state index contributed by atoms with van der Waals surface area (Å²) < 4.78 is 5.09. The number of hydrogen-bond acceptors (Lipinski definition) is 0. The number of hydrogen-bond donors (Lipinski definition) is 0. The van der Waals surface area contributed by atoms with Crippen molar-refractivity contribution in [2.45, 2.75) is 39.5 Å². The third-order valence-corrected chi connectivity index (χ3v) is 7.59. The molecule has 0 atom stereocenters. The molecule has 0 saturated carbocycles. The van der Waals surface area contributed by atoms with Crippen molar-refractivity contribution in [2.24, 2.45) is 0 Å². The summed E-state index contributed by atoms with van der Waals surface area (Å²) in [4.78, 5) is 0. The van der Waals surface area contributed by atoms with Crippen LogP contribution in [-0.2, 0) is 12.8 Å². The highest BCUT2D eigenvalue weighted by Crippen LogP contribution is 2.42. The number of aromatic nitrogens is 2. The van der Waals surface area contributed by atoms with Crippen LogP contribution in [0.15, 0.2) is 84.9 Å². The van der Waals surface area contributed by atoms with Crippen LogP contribution in [-0.4, -0.2) is 9.13 Å². The van der Waals surface area contributed by atoms with Gasteiger partial charge in [0.2, 0.25) is 0 Å². The number of benzene rings is 4. The maximum absolute atomic E-state index is 2.59. The third kappa shape index (κ3) is 2.75. The van der Waals surface area contributed by atoms with E-state index in [1.807, 2.05) is 0 Å². The van der Waals surface area contributed by atoms with Gasteiger partial charge in [0.05, 0.1) is 16.6 Å². The van der Waals surface area contributed by atoms with Gasteiger partial charge in [-0.05, 0) is 86.6 Å². The van der Waals surface area contributed by atoms with Gasteiger partial charge in [0, 0.05) is 33.2 Å². The molecule has 2 heterocycles. The molecule has 1 aliphatic carbocycles. The highest BCUT2D eigenvalue weighted by Gasteiger charge is 2.25. The van der Waals surface area contributed by atoms with Crippen LogP contribution in [0.2, 0.25) is 0 Å². The van der Waals surface area contributed by atoms with Crippen LogP contribution in [0.4, 0.5) is 0 Å². The zero-order valence-corrected chi connectivity index (χ0v) is 19.8. The fourth-order valence-electron chi connectivity index (χ4n) is 6.16. The van der Waals surface area contributed by atoms with E-state index in [0.29, 0.717) is 0 Å². The molecule has 34 heavy (non-hydrogen) atoms. The zero-order chi connectivity index (χ0) is 22.8. The molecule has 0 N–H and O–H groups in total. The predicted molar refractivity (Wildman–Crippen MR) is 144 cm³/mol. The van der Waals surface area contributed by atoms with Gasteiger partial charge in [0.15, 0.2) is 0 Å². The van der Waals surface area contributed by atoms with E-state index in [9.17, 15) is 0 Å². The fraction of sp³-hybridized carbons (Fsp3) is 0.188. The molecule has 0 saturated heterocycles. The predicted octanol–water partition coefficient (Wildman–Crippen LogP) is 8.22. The van der Waals surface area contributed by atoms with E-state index in [0.717, 1.165) is 6.42 Å². The Kier molecular flexibility index (Phi) is 4.26. The number of para-hydroxylation sites is 1. The van der Waals surface area contributed by atoms with Crippen molar-refractivity contribution in [3.63, 3.8) is 0 Å². The van der Waals surface area contributed by atoms with Crippen LogP contribution in [0.1, 0.15) is 35.2 Å². The quantitative estimate of drug-likeness (QED) is 0.257. The number of nitrogens with zero attached hydrogens (tertiary/aromatic N) is 2. The van der Waals surface area contributed by atoms with E-state index in [2.05, 4.69) is 108 Å².